The minimum atomic E-state index is 0. The summed E-state index contributed by atoms with van der Waals surface area (Å²) in [5.74, 6) is 0. The van der Waals surface area contributed by atoms with Crippen molar-refractivity contribution < 1.29 is 18.9 Å². The topological polar surface area (TPSA) is 6.48 Å². The number of hydrogen-bond acceptors (Lipinski definition) is 2. The molecule has 1 rings (SSSR count). The molecule has 18 heavy (non-hydrogen) atoms. The normalized spacial score (nSPS) is 10.9. The maximum Gasteiger partial charge on any atom is 1.00 e. The van der Waals surface area contributed by atoms with Gasteiger partial charge in [0.05, 0.1) is 0 Å². The summed E-state index contributed by atoms with van der Waals surface area (Å²) in [5.41, 5.74) is 6.68. The Hall–Kier alpha value is -0.393. The van der Waals surface area contributed by atoms with Crippen LogP contribution >= 0.6 is 0 Å². The van der Waals surface area contributed by atoms with Crippen LogP contribution in [0.3, 0.4) is 0 Å². The first kappa shape index (κ1) is 17.6. The zero-order valence-electron chi connectivity index (χ0n) is 13.1. The summed E-state index contributed by atoms with van der Waals surface area (Å²) >= 11 is 0. The molecule has 1 aromatic carbocycles. The van der Waals surface area contributed by atoms with Crippen molar-refractivity contribution in [1.29, 1.82) is 0 Å². The number of benzene rings is 1. The summed E-state index contributed by atoms with van der Waals surface area (Å²) in [6, 6.07) is 2.27. The largest absolute Gasteiger partial charge is 1.00 e. The van der Waals surface area contributed by atoms with E-state index in [2.05, 4.69) is 64.8 Å². The van der Waals surface area contributed by atoms with Gasteiger partial charge >= 0.3 is 18.9 Å². The van der Waals surface area contributed by atoms with Gasteiger partial charge < -0.3 is 9.80 Å². The molecule has 0 saturated carbocycles. The van der Waals surface area contributed by atoms with Crippen LogP contribution in [0.2, 0.25) is 0 Å². The van der Waals surface area contributed by atoms with Gasteiger partial charge in [-0.3, -0.25) is 0 Å². The van der Waals surface area contributed by atoms with Crippen molar-refractivity contribution in [3.05, 3.63) is 40.8 Å². The van der Waals surface area contributed by atoms with Crippen molar-refractivity contribution in [2.75, 3.05) is 28.2 Å². The molecule has 3 heteroatoms. The molecule has 0 fully saturated rings. The van der Waals surface area contributed by atoms with Crippen molar-refractivity contribution in [2.24, 2.45) is 0 Å². The van der Waals surface area contributed by atoms with Crippen LogP contribution in [0.1, 0.15) is 27.8 Å². The van der Waals surface area contributed by atoms with E-state index in [4.69, 9.17) is 0 Å². The first-order valence-electron chi connectivity index (χ1n) is 6.06. The Morgan fingerprint density at radius 2 is 1.50 bits per heavy atom. The summed E-state index contributed by atoms with van der Waals surface area (Å²) < 4.78 is 0. The Bertz CT molecular complexity index is 398. The molecule has 0 aliphatic carbocycles. The molecule has 0 bridgehead atoms. The molecule has 0 radical (unpaired) electrons. The van der Waals surface area contributed by atoms with E-state index in [9.17, 15) is 0 Å². The Labute approximate surface area is 125 Å². The van der Waals surface area contributed by atoms with Gasteiger partial charge in [-0.15, -0.1) is 17.2 Å². The second-order valence-corrected chi connectivity index (χ2v) is 5.41. The molecule has 2 nitrogen and oxygen atoms in total. The minimum absolute atomic E-state index is 0. The maximum absolute atomic E-state index is 4.28. The number of hydrogen-bond donors (Lipinski definition) is 0. The van der Waals surface area contributed by atoms with Crippen LogP contribution in [0.15, 0.2) is 6.07 Å². The Morgan fingerprint density at radius 1 is 1.00 bits per heavy atom. The molecule has 0 atom stereocenters. The predicted octanol–water partition coefficient (Wildman–Crippen LogP) is -0.387. The van der Waals surface area contributed by atoms with Crippen LogP contribution in [0, 0.1) is 20.8 Å². The van der Waals surface area contributed by atoms with E-state index in [1.807, 2.05) is 0 Å². The molecule has 0 aromatic heterocycles. The molecular formula is C15H25LiN2. The van der Waals surface area contributed by atoms with Gasteiger partial charge in [0.15, 0.2) is 0 Å². The van der Waals surface area contributed by atoms with Gasteiger partial charge in [0.1, 0.15) is 0 Å². The Morgan fingerprint density at radius 3 is 1.94 bits per heavy atom. The second-order valence-electron chi connectivity index (χ2n) is 5.41. The van der Waals surface area contributed by atoms with Crippen LogP contribution in [0.25, 0.3) is 0 Å². The zero-order valence-corrected chi connectivity index (χ0v) is 13.1. The third-order valence-electron chi connectivity index (χ3n) is 3.15. The fraction of sp³-hybridized carbons (Fsp3) is 0.533. The summed E-state index contributed by atoms with van der Waals surface area (Å²) in [6.45, 7) is 10.6. The van der Waals surface area contributed by atoms with E-state index in [1.165, 1.54) is 27.8 Å². The summed E-state index contributed by atoms with van der Waals surface area (Å²) in [7, 11) is 8.40. The molecule has 0 aliphatic heterocycles. The van der Waals surface area contributed by atoms with Gasteiger partial charge in [-0.2, -0.15) is 12.5 Å². The van der Waals surface area contributed by atoms with Crippen LogP contribution in [-0.4, -0.2) is 38.0 Å². The quantitative estimate of drug-likeness (QED) is 0.522. The SMILES string of the molecule is [CH2-]c1c(CN(C)C)cc(C)c(C)c1CN(C)C.[Li+]. The van der Waals surface area contributed by atoms with Crippen molar-refractivity contribution in [3.63, 3.8) is 0 Å². The number of aryl methyl sites for hydroxylation is 1. The van der Waals surface area contributed by atoms with Crippen molar-refractivity contribution in [2.45, 2.75) is 26.9 Å². The van der Waals surface area contributed by atoms with E-state index in [0.717, 1.165) is 13.1 Å². The number of rotatable bonds is 4. The van der Waals surface area contributed by atoms with Crippen LogP contribution in [0.5, 0.6) is 0 Å². The average Bonchev–Trinajstić information content (AvgIpc) is 2.20. The van der Waals surface area contributed by atoms with Gasteiger partial charge in [-0.05, 0) is 48.2 Å². The van der Waals surface area contributed by atoms with E-state index in [1.54, 1.807) is 0 Å². The van der Waals surface area contributed by atoms with E-state index < -0.39 is 0 Å². The zero-order chi connectivity index (χ0) is 13.2. The van der Waals surface area contributed by atoms with E-state index in [-0.39, 0.29) is 18.9 Å². The van der Waals surface area contributed by atoms with Gasteiger partial charge in [-0.25, -0.2) is 0 Å². The van der Waals surface area contributed by atoms with Gasteiger partial charge in [0.25, 0.3) is 0 Å². The monoisotopic (exact) mass is 240 g/mol. The summed E-state index contributed by atoms with van der Waals surface area (Å²) in [6.07, 6.45) is 0. The average molecular weight is 240 g/mol. The first-order chi connectivity index (χ1) is 7.82. The van der Waals surface area contributed by atoms with E-state index in [0.29, 0.717) is 0 Å². The fourth-order valence-electron chi connectivity index (χ4n) is 2.13. The fourth-order valence-corrected chi connectivity index (χ4v) is 2.13. The second kappa shape index (κ2) is 7.26. The van der Waals surface area contributed by atoms with Crippen molar-refractivity contribution in [1.82, 2.24) is 9.80 Å². The molecule has 0 saturated heterocycles. The van der Waals surface area contributed by atoms with Crippen molar-refractivity contribution >= 4 is 0 Å². The molecule has 0 N–H and O–H groups in total. The molecular weight excluding hydrogens is 215 g/mol. The van der Waals surface area contributed by atoms with E-state index >= 15 is 0 Å². The first-order valence-corrected chi connectivity index (χ1v) is 6.06. The molecule has 1 aromatic rings. The van der Waals surface area contributed by atoms with Crippen LogP contribution in [0.4, 0.5) is 0 Å². The smallest absolute Gasteiger partial charge is 0.316 e. The number of nitrogens with zero attached hydrogens (tertiary/aromatic N) is 2. The Kier molecular flexibility index (Phi) is 7.10. The summed E-state index contributed by atoms with van der Waals surface area (Å²) in [5, 5.41) is 0. The Balaban J connectivity index is 0.00000289. The van der Waals surface area contributed by atoms with Crippen molar-refractivity contribution in [3.8, 4) is 0 Å². The molecule has 0 aliphatic rings. The van der Waals surface area contributed by atoms with Gasteiger partial charge in [0, 0.05) is 0 Å². The molecule has 96 valence electrons. The van der Waals surface area contributed by atoms with Crippen LogP contribution < -0.4 is 18.9 Å². The molecule has 0 heterocycles. The minimum Gasteiger partial charge on any atom is -0.316 e. The van der Waals surface area contributed by atoms with Gasteiger partial charge in [0.2, 0.25) is 0 Å². The molecule has 0 spiro atoms. The van der Waals surface area contributed by atoms with Gasteiger partial charge in [-0.1, -0.05) is 18.1 Å². The maximum atomic E-state index is 4.28. The van der Waals surface area contributed by atoms with Crippen LogP contribution in [-0.2, 0) is 13.1 Å². The molecule has 0 amide bonds. The third kappa shape index (κ3) is 4.37. The third-order valence-corrected chi connectivity index (χ3v) is 3.15. The predicted molar refractivity (Wildman–Crippen MR) is 75.2 cm³/mol. The summed E-state index contributed by atoms with van der Waals surface area (Å²) in [4.78, 5) is 4.40. The molecule has 0 unspecified atom stereocenters. The standard InChI is InChI=1S/C15H25N2.Li/c1-11-8-14(9-16(4)5)13(3)15(12(11)2)10-17(6)7;/h8H,3,9-10H2,1-2,4-7H3;/q-1;+1.